The predicted octanol–water partition coefficient (Wildman–Crippen LogP) is 12.9. The molecule has 216 valence electrons. The molecule has 1 aromatic carbocycles. The normalized spacial score (nSPS) is 15.5. The van der Waals surface area contributed by atoms with Crippen molar-refractivity contribution < 1.29 is 4.42 Å². The second-order valence-corrected chi connectivity index (χ2v) is 12.3. The van der Waals surface area contributed by atoms with E-state index in [1.807, 2.05) is 6.92 Å². The second-order valence-electron chi connectivity index (χ2n) is 12.3. The third-order valence-corrected chi connectivity index (χ3v) is 9.04. The Balaban J connectivity index is 1.75. The molecule has 0 N–H and O–H groups in total. The van der Waals surface area contributed by atoms with Gasteiger partial charge in [0.15, 0.2) is 0 Å². The highest BCUT2D eigenvalue weighted by Crippen LogP contribution is 2.43. The predicted molar refractivity (Wildman–Crippen MR) is 173 cm³/mol. The van der Waals surface area contributed by atoms with Gasteiger partial charge in [0, 0.05) is 5.57 Å². The number of allylic oxidation sites excluding steroid dienone is 4. The summed E-state index contributed by atoms with van der Waals surface area (Å²) >= 11 is 0. The minimum atomic E-state index is 0.702. The lowest BCUT2D eigenvalue weighted by atomic mass is 9.73. The van der Waals surface area contributed by atoms with Crippen LogP contribution in [0.5, 0.6) is 0 Å². The lowest BCUT2D eigenvalue weighted by Crippen LogP contribution is -2.14. The van der Waals surface area contributed by atoms with Crippen LogP contribution in [0.3, 0.4) is 0 Å². The Morgan fingerprint density at radius 3 is 2.15 bits per heavy atom. The third kappa shape index (κ3) is 9.54. The van der Waals surface area contributed by atoms with Gasteiger partial charge in [0.2, 0.25) is 0 Å². The van der Waals surface area contributed by atoms with Gasteiger partial charge in [-0.2, -0.15) is 0 Å². The van der Waals surface area contributed by atoms with E-state index in [4.69, 9.17) is 4.42 Å². The van der Waals surface area contributed by atoms with Crippen molar-refractivity contribution in [2.75, 3.05) is 0 Å². The standard InChI is InChI=1S/C38H58O/c1-7-10-12-13-14-15-16-17-18-21-32(9-3)36-27-30(5)35(28-37(36)33-22-19-23-33)29(4)26-34(20-11-8-2)38-25-24-31(6)39-38/h20,24-28,32-33H,7-19,21-23H2,1-6H3/b29-26-,34-20-. The van der Waals surface area contributed by atoms with Crippen LogP contribution in [0.15, 0.2) is 40.8 Å². The van der Waals surface area contributed by atoms with Gasteiger partial charge in [-0.3, -0.25) is 0 Å². The van der Waals surface area contributed by atoms with Crippen molar-refractivity contribution in [2.24, 2.45) is 0 Å². The van der Waals surface area contributed by atoms with Crippen LogP contribution in [0.2, 0.25) is 0 Å². The van der Waals surface area contributed by atoms with E-state index in [2.05, 4.69) is 71.0 Å². The van der Waals surface area contributed by atoms with Gasteiger partial charge in [0.1, 0.15) is 11.5 Å². The average Bonchev–Trinajstić information content (AvgIpc) is 3.33. The molecular weight excluding hydrogens is 472 g/mol. The first kappa shape index (κ1) is 31.5. The zero-order valence-electron chi connectivity index (χ0n) is 26.3. The van der Waals surface area contributed by atoms with E-state index in [-0.39, 0.29) is 0 Å². The van der Waals surface area contributed by atoms with Crippen molar-refractivity contribution >= 4 is 11.1 Å². The van der Waals surface area contributed by atoms with Crippen LogP contribution < -0.4 is 0 Å². The van der Waals surface area contributed by atoms with E-state index >= 15 is 0 Å². The summed E-state index contributed by atoms with van der Waals surface area (Å²) in [6.07, 6.45) is 26.3. The van der Waals surface area contributed by atoms with Crippen molar-refractivity contribution in [2.45, 2.75) is 156 Å². The Bertz CT molecular complexity index is 1040. The van der Waals surface area contributed by atoms with Crippen LogP contribution in [-0.2, 0) is 0 Å². The summed E-state index contributed by atoms with van der Waals surface area (Å²) in [6, 6.07) is 9.36. The quantitative estimate of drug-likeness (QED) is 0.138. The summed E-state index contributed by atoms with van der Waals surface area (Å²) < 4.78 is 6.03. The number of benzene rings is 1. The molecule has 1 aliphatic rings. The number of aryl methyl sites for hydroxylation is 2. The number of unbranched alkanes of at least 4 members (excludes halogenated alkanes) is 9. The highest BCUT2D eigenvalue weighted by atomic mass is 16.3. The van der Waals surface area contributed by atoms with Crippen LogP contribution in [0, 0.1) is 13.8 Å². The molecular formula is C38H58O. The van der Waals surface area contributed by atoms with Crippen LogP contribution in [0.25, 0.3) is 11.1 Å². The molecule has 1 heteroatoms. The topological polar surface area (TPSA) is 13.1 Å². The molecule has 1 nitrogen and oxygen atoms in total. The first-order valence-electron chi connectivity index (χ1n) is 16.6. The molecule has 0 bridgehead atoms. The van der Waals surface area contributed by atoms with Gasteiger partial charge in [0.25, 0.3) is 0 Å². The average molecular weight is 531 g/mol. The van der Waals surface area contributed by atoms with Gasteiger partial charge in [0.05, 0.1) is 0 Å². The SMILES string of the molecule is CCC/C=C(/C=C(/C)c1cc(C2CCC2)c(C(CC)CCCCCCCCCCC)cc1C)c1ccc(C)o1. The minimum Gasteiger partial charge on any atom is -0.461 e. The molecule has 0 spiro atoms. The Morgan fingerprint density at radius 2 is 1.59 bits per heavy atom. The van der Waals surface area contributed by atoms with E-state index in [9.17, 15) is 0 Å². The van der Waals surface area contributed by atoms with Gasteiger partial charge < -0.3 is 4.42 Å². The van der Waals surface area contributed by atoms with Crippen LogP contribution in [0.1, 0.15) is 176 Å². The molecule has 3 rings (SSSR count). The Kier molecular flexibility index (Phi) is 13.7. The summed E-state index contributed by atoms with van der Waals surface area (Å²) in [5, 5.41) is 0. The molecule has 39 heavy (non-hydrogen) atoms. The first-order valence-corrected chi connectivity index (χ1v) is 16.6. The maximum Gasteiger partial charge on any atom is 0.133 e. The largest absolute Gasteiger partial charge is 0.461 e. The van der Waals surface area contributed by atoms with Crippen molar-refractivity contribution in [3.63, 3.8) is 0 Å². The first-order chi connectivity index (χ1) is 19.0. The van der Waals surface area contributed by atoms with Crippen molar-refractivity contribution in [3.8, 4) is 0 Å². The number of hydrogen-bond acceptors (Lipinski definition) is 1. The maximum atomic E-state index is 6.03. The fraction of sp³-hybridized carbons (Fsp3) is 0.632. The molecule has 1 unspecified atom stereocenters. The molecule has 0 saturated heterocycles. The number of furan rings is 1. The van der Waals surface area contributed by atoms with Gasteiger partial charge >= 0.3 is 0 Å². The maximum absolute atomic E-state index is 6.03. The summed E-state index contributed by atoms with van der Waals surface area (Å²) in [6.45, 7) is 13.6. The van der Waals surface area contributed by atoms with Crippen LogP contribution in [0.4, 0.5) is 0 Å². The highest BCUT2D eigenvalue weighted by molar-refractivity contribution is 5.82. The lowest BCUT2D eigenvalue weighted by molar-refractivity contribution is 0.412. The van der Waals surface area contributed by atoms with Crippen LogP contribution >= 0.6 is 0 Å². The van der Waals surface area contributed by atoms with Gasteiger partial charge in [-0.25, -0.2) is 0 Å². The smallest absolute Gasteiger partial charge is 0.133 e. The van der Waals surface area contributed by atoms with E-state index in [0.29, 0.717) is 5.92 Å². The molecule has 0 aliphatic heterocycles. The van der Waals surface area contributed by atoms with Crippen molar-refractivity contribution in [3.05, 3.63) is 70.2 Å². The van der Waals surface area contributed by atoms with Gasteiger partial charge in [-0.1, -0.05) is 110 Å². The molecule has 2 aromatic rings. The lowest BCUT2D eigenvalue weighted by Gasteiger charge is -2.32. The molecule has 1 fully saturated rings. The van der Waals surface area contributed by atoms with Gasteiger partial charge in [-0.15, -0.1) is 0 Å². The zero-order chi connectivity index (χ0) is 28.0. The van der Waals surface area contributed by atoms with E-state index in [1.54, 1.807) is 11.1 Å². The molecule has 0 radical (unpaired) electrons. The molecule has 1 atom stereocenters. The fourth-order valence-electron chi connectivity index (χ4n) is 6.31. The molecule has 1 saturated carbocycles. The Labute approximate surface area is 241 Å². The Morgan fingerprint density at radius 1 is 0.897 bits per heavy atom. The van der Waals surface area contributed by atoms with E-state index in [0.717, 1.165) is 30.3 Å². The highest BCUT2D eigenvalue weighted by Gasteiger charge is 2.26. The summed E-state index contributed by atoms with van der Waals surface area (Å²) in [7, 11) is 0. The molecule has 1 aliphatic carbocycles. The fourth-order valence-corrected chi connectivity index (χ4v) is 6.31. The zero-order valence-corrected chi connectivity index (χ0v) is 26.3. The number of rotatable bonds is 18. The molecule has 1 aromatic heterocycles. The van der Waals surface area contributed by atoms with E-state index in [1.165, 1.54) is 112 Å². The molecule has 1 heterocycles. The summed E-state index contributed by atoms with van der Waals surface area (Å²) in [5.41, 5.74) is 8.74. The second kappa shape index (κ2) is 16.9. The Hall–Kier alpha value is -2.02. The van der Waals surface area contributed by atoms with Crippen molar-refractivity contribution in [1.29, 1.82) is 0 Å². The van der Waals surface area contributed by atoms with Crippen molar-refractivity contribution in [1.82, 2.24) is 0 Å². The monoisotopic (exact) mass is 530 g/mol. The van der Waals surface area contributed by atoms with E-state index < -0.39 is 0 Å². The molecule has 0 amide bonds. The summed E-state index contributed by atoms with van der Waals surface area (Å²) in [5.74, 6) is 3.42. The van der Waals surface area contributed by atoms with Crippen LogP contribution in [-0.4, -0.2) is 0 Å². The minimum absolute atomic E-state index is 0.702. The third-order valence-electron chi connectivity index (χ3n) is 9.04. The van der Waals surface area contributed by atoms with Gasteiger partial charge in [-0.05, 0) is 111 Å². The summed E-state index contributed by atoms with van der Waals surface area (Å²) in [4.78, 5) is 0. The number of hydrogen-bond donors (Lipinski definition) is 0.